The van der Waals surface area contributed by atoms with Gasteiger partial charge in [-0.05, 0) is 25.5 Å². The van der Waals surface area contributed by atoms with Crippen molar-refractivity contribution in [2.45, 2.75) is 25.5 Å². The van der Waals surface area contributed by atoms with E-state index < -0.39 is 5.60 Å². The topological polar surface area (TPSA) is 76.7 Å². The first kappa shape index (κ1) is 13.4. The van der Waals surface area contributed by atoms with Crippen molar-refractivity contribution in [3.63, 3.8) is 0 Å². The molecule has 6 heteroatoms. The number of imidazole rings is 1. The SMILES string of the molecule is CC1(C)OC(=O)c2ccccc2C1n1cncc1/C=N/O. The number of rotatable bonds is 2. The van der Waals surface area contributed by atoms with Crippen molar-refractivity contribution in [1.29, 1.82) is 0 Å². The summed E-state index contributed by atoms with van der Waals surface area (Å²) in [6.45, 7) is 3.71. The molecule has 1 aromatic carbocycles. The first-order valence-corrected chi connectivity index (χ1v) is 6.56. The quantitative estimate of drug-likeness (QED) is 0.397. The fourth-order valence-corrected chi connectivity index (χ4v) is 2.82. The van der Waals surface area contributed by atoms with Gasteiger partial charge < -0.3 is 14.5 Å². The monoisotopic (exact) mass is 285 g/mol. The Labute approximate surface area is 121 Å². The molecule has 1 atom stereocenters. The largest absolute Gasteiger partial charge is 0.453 e. The number of aromatic nitrogens is 2. The third-order valence-electron chi connectivity index (χ3n) is 3.65. The van der Waals surface area contributed by atoms with Gasteiger partial charge >= 0.3 is 5.97 Å². The Morgan fingerprint density at radius 2 is 2.19 bits per heavy atom. The predicted molar refractivity (Wildman–Crippen MR) is 75.7 cm³/mol. The predicted octanol–water partition coefficient (Wildman–Crippen LogP) is 2.23. The van der Waals surface area contributed by atoms with Crippen molar-refractivity contribution >= 4 is 12.2 Å². The van der Waals surface area contributed by atoms with Gasteiger partial charge in [-0.1, -0.05) is 23.4 Å². The van der Waals surface area contributed by atoms with Crippen molar-refractivity contribution < 1.29 is 14.7 Å². The van der Waals surface area contributed by atoms with Crippen molar-refractivity contribution in [3.05, 3.63) is 53.6 Å². The summed E-state index contributed by atoms with van der Waals surface area (Å²) >= 11 is 0. The number of nitrogens with zero attached hydrogens (tertiary/aromatic N) is 3. The third-order valence-corrected chi connectivity index (χ3v) is 3.65. The van der Waals surface area contributed by atoms with Crippen LogP contribution in [-0.2, 0) is 4.74 Å². The molecule has 1 aromatic heterocycles. The standard InChI is InChI=1S/C15H15N3O3/c1-15(2)13(18-9-16-7-10(18)8-17-20)11-5-3-4-6-12(11)14(19)21-15/h3-9,13,20H,1-2H3/b17-8+. The fraction of sp³-hybridized carbons (Fsp3) is 0.267. The second-order valence-electron chi connectivity index (χ2n) is 5.45. The van der Waals surface area contributed by atoms with Crippen LogP contribution in [0.1, 0.15) is 41.5 Å². The summed E-state index contributed by atoms with van der Waals surface area (Å²) in [5.41, 5.74) is 1.29. The van der Waals surface area contributed by atoms with E-state index in [1.807, 2.05) is 30.5 Å². The summed E-state index contributed by atoms with van der Waals surface area (Å²) in [6, 6.07) is 7.09. The van der Waals surface area contributed by atoms with Crippen molar-refractivity contribution in [2.24, 2.45) is 5.16 Å². The summed E-state index contributed by atoms with van der Waals surface area (Å²) in [5.74, 6) is -0.329. The maximum absolute atomic E-state index is 12.1. The first-order valence-electron chi connectivity index (χ1n) is 6.56. The maximum Gasteiger partial charge on any atom is 0.339 e. The van der Waals surface area contributed by atoms with E-state index in [9.17, 15) is 4.79 Å². The normalized spacial score (nSPS) is 20.3. The molecule has 1 aliphatic rings. The number of oxime groups is 1. The molecular weight excluding hydrogens is 270 g/mol. The Kier molecular flexibility index (Phi) is 3.01. The molecule has 1 unspecified atom stereocenters. The Morgan fingerprint density at radius 3 is 2.95 bits per heavy atom. The average Bonchev–Trinajstić information content (AvgIpc) is 2.86. The van der Waals surface area contributed by atoms with Gasteiger partial charge in [-0.15, -0.1) is 0 Å². The van der Waals surface area contributed by atoms with Gasteiger partial charge in [0.1, 0.15) is 11.6 Å². The molecule has 6 nitrogen and oxygen atoms in total. The molecule has 0 saturated carbocycles. The number of hydrogen-bond acceptors (Lipinski definition) is 5. The number of hydrogen-bond donors (Lipinski definition) is 1. The van der Waals surface area contributed by atoms with Gasteiger partial charge in [-0.3, -0.25) is 0 Å². The molecule has 21 heavy (non-hydrogen) atoms. The van der Waals surface area contributed by atoms with Crippen LogP contribution in [0.2, 0.25) is 0 Å². The van der Waals surface area contributed by atoms with Gasteiger partial charge in [0.2, 0.25) is 0 Å². The molecule has 2 aromatic rings. The number of benzene rings is 1. The Morgan fingerprint density at radius 1 is 1.43 bits per heavy atom. The zero-order chi connectivity index (χ0) is 15.0. The third kappa shape index (κ3) is 2.08. The van der Waals surface area contributed by atoms with Crippen LogP contribution in [0.25, 0.3) is 0 Å². The Bertz CT molecular complexity index is 718. The van der Waals surface area contributed by atoms with Crippen molar-refractivity contribution in [3.8, 4) is 0 Å². The van der Waals surface area contributed by atoms with E-state index in [1.54, 1.807) is 24.7 Å². The van der Waals surface area contributed by atoms with Gasteiger partial charge in [0.15, 0.2) is 0 Å². The van der Waals surface area contributed by atoms with E-state index in [-0.39, 0.29) is 12.0 Å². The fourth-order valence-electron chi connectivity index (χ4n) is 2.82. The molecule has 0 aliphatic carbocycles. The van der Waals surface area contributed by atoms with Crippen LogP contribution in [0.4, 0.5) is 0 Å². The van der Waals surface area contributed by atoms with E-state index in [0.29, 0.717) is 11.3 Å². The molecule has 2 heterocycles. The van der Waals surface area contributed by atoms with Gasteiger partial charge in [-0.2, -0.15) is 0 Å². The van der Waals surface area contributed by atoms with Gasteiger partial charge in [0.05, 0.1) is 30.0 Å². The number of esters is 1. The highest BCUT2D eigenvalue weighted by molar-refractivity contribution is 5.93. The molecule has 108 valence electrons. The zero-order valence-corrected chi connectivity index (χ0v) is 11.7. The number of ether oxygens (including phenoxy) is 1. The smallest absolute Gasteiger partial charge is 0.339 e. The molecule has 3 rings (SSSR count). The molecule has 0 bridgehead atoms. The summed E-state index contributed by atoms with van der Waals surface area (Å²) in [4.78, 5) is 16.2. The minimum atomic E-state index is -0.746. The Balaban J connectivity index is 2.22. The van der Waals surface area contributed by atoms with Crippen LogP contribution in [0.3, 0.4) is 0 Å². The molecule has 0 spiro atoms. The van der Waals surface area contributed by atoms with Gasteiger partial charge in [-0.25, -0.2) is 9.78 Å². The summed E-state index contributed by atoms with van der Waals surface area (Å²) in [7, 11) is 0. The summed E-state index contributed by atoms with van der Waals surface area (Å²) in [5, 5.41) is 11.8. The van der Waals surface area contributed by atoms with E-state index in [0.717, 1.165) is 5.56 Å². The highest BCUT2D eigenvalue weighted by Gasteiger charge is 2.43. The maximum atomic E-state index is 12.1. The van der Waals surface area contributed by atoms with Crippen LogP contribution in [0, 0.1) is 0 Å². The lowest BCUT2D eigenvalue weighted by Gasteiger charge is -2.40. The second-order valence-corrected chi connectivity index (χ2v) is 5.45. The summed E-state index contributed by atoms with van der Waals surface area (Å²) in [6.07, 6.45) is 4.54. The number of carbonyl (C=O) groups excluding carboxylic acids is 1. The lowest BCUT2D eigenvalue weighted by Crippen LogP contribution is -2.43. The molecule has 1 aliphatic heterocycles. The zero-order valence-electron chi connectivity index (χ0n) is 11.7. The molecule has 1 N–H and O–H groups in total. The number of cyclic esters (lactones) is 1. The van der Waals surface area contributed by atoms with E-state index in [4.69, 9.17) is 9.94 Å². The van der Waals surface area contributed by atoms with Crippen molar-refractivity contribution in [2.75, 3.05) is 0 Å². The van der Waals surface area contributed by atoms with E-state index in [2.05, 4.69) is 10.1 Å². The van der Waals surface area contributed by atoms with Crippen molar-refractivity contribution in [1.82, 2.24) is 9.55 Å². The molecular formula is C15H15N3O3. The highest BCUT2D eigenvalue weighted by atomic mass is 16.6. The lowest BCUT2D eigenvalue weighted by atomic mass is 9.85. The van der Waals surface area contributed by atoms with Crippen LogP contribution < -0.4 is 0 Å². The van der Waals surface area contributed by atoms with Crippen LogP contribution >= 0.6 is 0 Å². The number of carbonyl (C=O) groups is 1. The number of fused-ring (bicyclic) bond motifs is 1. The van der Waals surface area contributed by atoms with Crippen LogP contribution in [0.15, 0.2) is 41.9 Å². The van der Waals surface area contributed by atoms with Gasteiger partial charge in [0, 0.05) is 0 Å². The molecule has 0 amide bonds. The minimum absolute atomic E-state index is 0.248. The van der Waals surface area contributed by atoms with Crippen LogP contribution in [0.5, 0.6) is 0 Å². The van der Waals surface area contributed by atoms with E-state index >= 15 is 0 Å². The molecule has 0 radical (unpaired) electrons. The minimum Gasteiger partial charge on any atom is -0.453 e. The first-order chi connectivity index (χ1) is 10.0. The highest BCUT2D eigenvalue weighted by Crippen LogP contribution is 2.39. The molecule has 0 saturated heterocycles. The second kappa shape index (κ2) is 4.73. The Hall–Kier alpha value is -2.63. The van der Waals surface area contributed by atoms with Gasteiger partial charge in [0.25, 0.3) is 0 Å². The lowest BCUT2D eigenvalue weighted by molar-refractivity contribution is -0.0262. The van der Waals surface area contributed by atoms with E-state index in [1.165, 1.54) is 6.21 Å². The molecule has 0 fully saturated rings. The summed E-state index contributed by atoms with van der Waals surface area (Å²) < 4.78 is 7.41. The average molecular weight is 285 g/mol. The van der Waals surface area contributed by atoms with Crippen LogP contribution in [-0.4, -0.2) is 32.5 Å².